The van der Waals surface area contributed by atoms with E-state index in [0.29, 0.717) is 42.9 Å². The summed E-state index contributed by atoms with van der Waals surface area (Å²) in [6, 6.07) is 3.56. The van der Waals surface area contributed by atoms with Crippen molar-refractivity contribution in [3.63, 3.8) is 0 Å². The number of hydrogen-bond donors (Lipinski definition) is 0. The molecule has 33 heavy (non-hydrogen) atoms. The average molecular weight is 458 g/mol. The van der Waals surface area contributed by atoms with E-state index in [1.165, 1.54) is 0 Å². The third-order valence-corrected chi connectivity index (χ3v) is 6.86. The number of benzene rings is 1. The van der Waals surface area contributed by atoms with Crippen LogP contribution in [0.25, 0.3) is 0 Å². The van der Waals surface area contributed by atoms with Gasteiger partial charge in [-0.3, -0.25) is 0 Å². The molecule has 0 spiro atoms. The summed E-state index contributed by atoms with van der Waals surface area (Å²) in [5, 5.41) is 0. The van der Waals surface area contributed by atoms with Gasteiger partial charge < -0.3 is 28.3 Å². The molecule has 8 nitrogen and oxygen atoms in total. The fourth-order valence-electron chi connectivity index (χ4n) is 4.23. The van der Waals surface area contributed by atoms with Gasteiger partial charge >= 0.3 is 7.12 Å². The minimum Gasteiger partial charge on any atom is -0.486 e. The van der Waals surface area contributed by atoms with Crippen molar-refractivity contribution >= 4 is 24.4 Å². The topological polar surface area (TPSA) is 80.1 Å². The molecule has 0 unspecified atom stereocenters. The highest BCUT2D eigenvalue weighted by Crippen LogP contribution is 2.40. The van der Waals surface area contributed by atoms with Crippen LogP contribution >= 0.6 is 0 Å². The molecule has 1 fully saturated rings. The Kier molecular flexibility index (Phi) is 6.40. The molecule has 9 heteroatoms. The van der Waals surface area contributed by atoms with Gasteiger partial charge in [0.05, 0.1) is 25.4 Å². The van der Waals surface area contributed by atoms with Crippen LogP contribution < -0.4 is 14.9 Å². The molecule has 1 saturated heterocycles. The Balaban J connectivity index is 1.66. The standard InChI is InChI=1S/C24H35BN2O6/c1-14(2)18-22(29-8)26-17(21(27-18)28-7)13-15-9-10-16(20-19(15)30-11-12-31-20)25-32-23(3,4)24(5,6)33-25/h9-10,14,17-18H,11-13H2,1-8H3/t17-,18+/m0/s1. The van der Waals surface area contributed by atoms with E-state index in [9.17, 15) is 0 Å². The minimum absolute atomic E-state index is 0.152. The lowest BCUT2D eigenvalue weighted by Gasteiger charge is -2.32. The summed E-state index contributed by atoms with van der Waals surface area (Å²) in [5.41, 5.74) is 0.908. The molecule has 1 aromatic carbocycles. The van der Waals surface area contributed by atoms with E-state index in [0.717, 1.165) is 11.0 Å². The summed E-state index contributed by atoms with van der Waals surface area (Å²) in [6.07, 6.45) is 0.541. The molecule has 0 aliphatic carbocycles. The highest BCUT2D eigenvalue weighted by atomic mass is 16.7. The van der Waals surface area contributed by atoms with Gasteiger partial charge in [0.1, 0.15) is 25.3 Å². The van der Waals surface area contributed by atoms with Crippen LogP contribution in [0.1, 0.15) is 47.1 Å². The lowest BCUT2D eigenvalue weighted by Crippen LogP contribution is -2.41. The van der Waals surface area contributed by atoms with Gasteiger partial charge in [0.15, 0.2) is 11.5 Å². The molecule has 1 aromatic rings. The molecule has 2 atom stereocenters. The van der Waals surface area contributed by atoms with Crippen molar-refractivity contribution in [1.29, 1.82) is 0 Å². The van der Waals surface area contributed by atoms with E-state index >= 15 is 0 Å². The number of methoxy groups -OCH3 is 2. The second-order valence-corrected chi connectivity index (χ2v) is 10.0. The molecule has 4 rings (SSSR count). The fourth-order valence-corrected chi connectivity index (χ4v) is 4.23. The maximum Gasteiger partial charge on any atom is 0.498 e. The first-order valence-electron chi connectivity index (χ1n) is 11.6. The van der Waals surface area contributed by atoms with Gasteiger partial charge in [-0.2, -0.15) is 0 Å². The highest BCUT2D eigenvalue weighted by molar-refractivity contribution is 6.63. The number of nitrogens with zero attached hydrogens (tertiary/aromatic N) is 2. The van der Waals surface area contributed by atoms with Gasteiger partial charge in [0.25, 0.3) is 0 Å². The molecular weight excluding hydrogens is 423 g/mol. The van der Waals surface area contributed by atoms with Crippen LogP contribution in [0, 0.1) is 5.92 Å². The summed E-state index contributed by atoms with van der Waals surface area (Å²) in [6.45, 7) is 13.3. The number of aliphatic imine (C=N–C) groups is 2. The predicted octanol–water partition coefficient (Wildman–Crippen LogP) is 2.80. The Morgan fingerprint density at radius 3 is 2.12 bits per heavy atom. The first-order valence-corrected chi connectivity index (χ1v) is 11.6. The summed E-state index contributed by atoms with van der Waals surface area (Å²) >= 11 is 0. The van der Waals surface area contributed by atoms with Crippen LogP contribution in [0.15, 0.2) is 22.1 Å². The zero-order valence-electron chi connectivity index (χ0n) is 20.9. The van der Waals surface area contributed by atoms with Gasteiger partial charge in [-0.15, -0.1) is 0 Å². The van der Waals surface area contributed by atoms with Gasteiger partial charge in [-0.05, 0) is 33.6 Å². The van der Waals surface area contributed by atoms with Crippen molar-refractivity contribution in [2.45, 2.75) is 71.2 Å². The Morgan fingerprint density at radius 2 is 1.55 bits per heavy atom. The number of ether oxygens (including phenoxy) is 4. The Hall–Kier alpha value is -2.26. The summed E-state index contributed by atoms with van der Waals surface area (Å²) < 4.78 is 35.9. The van der Waals surface area contributed by atoms with Crippen molar-refractivity contribution in [3.05, 3.63) is 17.7 Å². The van der Waals surface area contributed by atoms with Crippen molar-refractivity contribution in [3.8, 4) is 11.5 Å². The summed E-state index contributed by atoms with van der Waals surface area (Å²) in [7, 11) is 2.74. The van der Waals surface area contributed by atoms with Crippen LogP contribution in [-0.2, 0) is 25.2 Å². The zero-order chi connectivity index (χ0) is 24.0. The number of rotatable bonds is 4. The molecule has 3 aliphatic heterocycles. The van der Waals surface area contributed by atoms with E-state index in [1.54, 1.807) is 14.2 Å². The van der Waals surface area contributed by atoms with E-state index < -0.39 is 18.3 Å². The van der Waals surface area contributed by atoms with E-state index in [2.05, 4.69) is 13.8 Å². The maximum atomic E-state index is 6.27. The first kappa shape index (κ1) is 23.9. The van der Waals surface area contributed by atoms with Gasteiger partial charge in [-0.25, -0.2) is 9.98 Å². The molecule has 0 aromatic heterocycles. The van der Waals surface area contributed by atoms with Crippen LogP contribution in [0.2, 0.25) is 0 Å². The molecule has 0 saturated carbocycles. The Bertz CT molecular complexity index is 943. The number of fused-ring (bicyclic) bond motifs is 1. The normalized spacial score (nSPS) is 25.5. The molecule has 3 heterocycles. The number of hydrogen-bond acceptors (Lipinski definition) is 8. The van der Waals surface area contributed by atoms with Gasteiger partial charge in [0.2, 0.25) is 11.8 Å². The fraction of sp³-hybridized carbons (Fsp3) is 0.667. The summed E-state index contributed by atoms with van der Waals surface area (Å²) in [5.74, 6) is 2.83. The SMILES string of the molecule is COC1=N[C@H](C(C)C)C(OC)=N[C@H]1Cc1ccc(B2OC(C)(C)C(C)(C)O2)c2c1OCCO2. The van der Waals surface area contributed by atoms with Crippen molar-refractivity contribution < 1.29 is 28.3 Å². The third kappa shape index (κ3) is 4.33. The smallest absolute Gasteiger partial charge is 0.486 e. The molecule has 180 valence electrons. The lowest BCUT2D eigenvalue weighted by molar-refractivity contribution is 0.00578. The molecular formula is C24H35BN2O6. The largest absolute Gasteiger partial charge is 0.498 e. The van der Waals surface area contributed by atoms with Gasteiger partial charge in [0, 0.05) is 17.4 Å². The first-order chi connectivity index (χ1) is 15.6. The van der Waals surface area contributed by atoms with Gasteiger partial charge in [-0.1, -0.05) is 26.0 Å². The molecule has 3 aliphatic rings. The van der Waals surface area contributed by atoms with Crippen molar-refractivity contribution in [1.82, 2.24) is 0 Å². The zero-order valence-corrected chi connectivity index (χ0v) is 20.9. The maximum absolute atomic E-state index is 6.27. The monoisotopic (exact) mass is 458 g/mol. The minimum atomic E-state index is -0.532. The van der Waals surface area contributed by atoms with E-state index in [-0.39, 0.29) is 18.0 Å². The van der Waals surface area contributed by atoms with Crippen LogP contribution in [-0.4, -0.2) is 69.6 Å². The molecule has 0 radical (unpaired) electrons. The van der Waals surface area contributed by atoms with Crippen LogP contribution in [0.5, 0.6) is 11.5 Å². The predicted molar refractivity (Wildman–Crippen MR) is 128 cm³/mol. The lowest BCUT2D eigenvalue weighted by atomic mass is 9.77. The second kappa shape index (κ2) is 8.83. The molecule has 0 N–H and O–H groups in total. The Morgan fingerprint density at radius 1 is 0.939 bits per heavy atom. The van der Waals surface area contributed by atoms with Crippen molar-refractivity contribution in [2.24, 2.45) is 15.9 Å². The van der Waals surface area contributed by atoms with E-state index in [4.69, 9.17) is 38.2 Å². The Labute approximate surface area is 196 Å². The summed E-state index contributed by atoms with van der Waals surface area (Å²) in [4.78, 5) is 9.61. The molecule has 0 bridgehead atoms. The van der Waals surface area contributed by atoms with Crippen LogP contribution in [0.4, 0.5) is 0 Å². The highest BCUT2D eigenvalue weighted by Gasteiger charge is 2.53. The quantitative estimate of drug-likeness (QED) is 0.646. The molecule has 0 amide bonds. The van der Waals surface area contributed by atoms with E-state index in [1.807, 2.05) is 39.8 Å². The average Bonchev–Trinajstić information content (AvgIpc) is 3.00. The van der Waals surface area contributed by atoms with Crippen molar-refractivity contribution in [2.75, 3.05) is 27.4 Å². The van der Waals surface area contributed by atoms with Crippen LogP contribution in [0.3, 0.4) is 0 Å². The third-order valence-electron chi connectivity index (χ3n) is 6.86. The second-order valence-electron chi connectivity index (χ2n) is 10.0.